The Morgan fingerprint density at radius 1 is 1.14 bits per heavy atom. The van der Waals surface area contributed by atoms with Gasteiger partial charge in [0.15, 0.2) is 0 Å². The van der Waals surface area contributed by atoms with E-state index in [0.29, 0.717) is 0 Å². The van der Waals surface area contributed by atoms with Crippen molar-refractivity contribution in [2.24, 2.45) is 0 Å². The van der Waals surface area contributed by atoms with Crippen LogP contribution in [0.25, 0.3) is 10.9 Å². The van der Waals surface area contributed by atoms with Crippen LogP contribution in [0.4, 0.5) is 5.69 Å². The molecule has 0 unspecified atom stereocenters. The van der Waals surface area contributed by atoms with Gasteiger partial charge in [0, 0.05) is 26.9 Å². The van der Waals surface area contributed by atoms with Crippen LogP contribution < -0.4 is 5.73 Å². The number of rotatable bonds is 0. The van der Waals surface area contributed by atoms with E-state index in [0.717, 1.165) is 31.1 Å². The number of benzene rings is 2. The molecular formula is C16H15Br2N3O. The number of carbonyl (C=O) groups is 1. The highest BCUT2D eigenvalue weighted by Crippen LogP contribution is 2.19. The molecule has 0 amide bonds. The Kier molecular flexibility index (Phi) is 5.37. The van der Waals surface area contributed by atoms with E-state index in [1.165, 1.54) is 11.6 Å². The van der Waals surface area contributed by atoms with Gasteiger partial charge >= 0.3 is 0 Å². The van der Waals surface area contributed by atoms with Gasteiger partial charge in [-0.15, -0.1) is 0 Å². The van der Waals surface area contributed by atoms with Crippen LogP contribution >= 0.6 is 31.9 Å². The Labute approximate surface area is 145 Å². The molecule has 4 nitrogen and oxygen atoms in total. The fourth-order valence-corrected chi connectivity index (χ4v) is 2.75. The summed E-state index contributed by atoms with van der Waals surface area (Å²) in [7, 11) is 0. The maximum absolute atomic E-state index is 11.1. The molecule has 3 rings (SSSR count). The van der Waals surface area contributed by atoms with E-state index in [9.17, 15) is 4.79 Å². The lowest BCUT2D eigenvalue weighted by Crippen LogP contribution is -2.06. The maximum Gasteiger partial charge on any atom is 0.244 e. The molecule has 0 aliphatic heterocycles. The summed E-state index contributed by atoms with van der Waals surface area (Å²) >= 11 is 6.70. The predicted molar refractivity (Wildman–Crippen MR) is 97.0 cm³/mol. The van der Waals surface area contributed by atoms with Crippen molar-refractivity contribution >= 4 is 54.4 Å². The second-order valence-corrected chi connectivity index (χ2v) is 6.61. The minimum absolute atomic E-state index is 0.0719. The molecule has 3 aromatic rings. The van der Waals surface area contributed by atoms with Crippen LogP contribution in [-0.2, 0) is 0 Å². The summed E-state index contributed by atoms with van der Waals surface area (Å²) < 4.78 is 3.46. The Morgan fingerprint density at radius 3 is 2.36 bits per heavy atom. The molecule has 0 aliphatic rings. The standard InChI is InChI=1S/C9H7BrN2O.C7H8BrN/c1-6(13)12-9-3-2-8(10)4-7(9)5-11-12;1-5-4-6(8)2-3-7(5)9/h2-5H,1H3;2-4H,9H2,1H3. The van der Waals surface area contributed by atoms with Crippen LogP contribution in [0.1, 0.15) is 17.3 Å². The molecule has 114 valence electrons. The molecule has 1 heterocycles. The van der Waals surface area contributed by atoms with Crippen LogP contribution in [-0.4, -0.2) is 15.7 Å². The number of nitrogens with zero attached hydrogens (tertiary/aromatic N) is 2. The third-order valence-electron chi connectivity index (χ3n) is 3.06. The molecule has 2 N–H and O–H groups in total. The molecule has 0 bridgehead atoms. The molecule has 0 atom stereocenters. The highest BCUT2D eigenvalue weighted by atomic mass is 79.9. The predicted octanol–water partition coefficient (Wildman–Crippen LogP) is 4.80. The topological polar surface area (TPSA) is 60.9 Å². The normalized spacial score (nSPS) is 10.2. The summed E-state index contributed by atoms with van der Waals surface area (Å²) in [6.07, 6.45) is 1.68. The number of fused-ring (bicyclic) bond motifs is 1. The quantitative estimate of drug-likeness (QED) is 0.527. The summed E-state index contributed by atoms with van der Waals surface area (Å²) in [6.45, 7) is 3.48. The molecule has 0 aliphatic carbocycles. The van der Waals surface area contributed by atoms with E-state index >= 15 is 0 Å². The Bertz CT molecular complexity index is 827. The van der Waals surface area contributed by atoms with Gasteiger partial charge < -0.3 is 5.73 Å². The number of hydrogen-bond acceptors (Lipinski definition) is 3. The van der Waals surface area contributed by atoms with Gasteiger partial charge in [0.1, 0.15) is 0 Å². The Hall–Kier alpha value is -1.66. The van der Waals surface area contributed by atoms with Crippen LogP contribution in [0.5, 0.6) is 0 Å². The summed E-state index contributed by atoms with van der Waals surface area (Å²) in [5.41, 5.74) is 8.37. The monoisotopic (exact) mass is 423 g/mol. The first-order chi connectivity index (χ1) is 10.4. The lowest BCUT2D eigenvalue weighted by atomic mass is 10.2. The van der Waals surface area contributed by atoms with Crippen molar-refractivity contribution in [1.82, 2.24) is 9.78 Å². The Morgan fingerprint density at radius 2 is 1.77 bits per heavy atom. The van der Waals surface area contributed by atoms with E-state index in [2.05, 4.69) is 37.0 Å². The SMILES string of the molecule is CC(=O)n1ncc2cc(Br)ccc21.Cc1cc(Br)ccc1N. The first-order valence-electron chi connectivity index (χ1n) is 6.54. The van der Waals surface area contributed by atoms with Crippen molar-refractivity contribution in [3.8, 4) is 0 Å². The highest BCUT2D eigenvalue weighted by molar-refractivity contribution is 9.10. The van der Waals surface area contributed by atoms with Crippen molar-refractivity contribution in [2.45, 2.75) is 13.8 Å². The molecule has 0 saturated heterocycles. The summed E-state index contributed by atoms with van der Waals surface area (Å²) in [5, 5.41) is 4.94. The smallest absolute Gasteiger partial charge is 0.244 e. The Balaban J connectivity index is 0.000000172. The van der Waals surface area contributed by atoms with E-state index in [4.69, 9.17) is 5.73 Å². The minimum atomic E-state index is -0.0719. The number of hydrogen-bond donors (Lipinski definition) is 1. The average Bonchev–Trinajstić information content (AvgIpc) is 2.87. The number of anilines is 1. The zero-order valence-electron chi connectivity index (χ0n) is 12.2. The van der Waals surface area contributed by atoms with Gasteiger partial charge in [-0.1, -0.05) is 31.9 Å². The molecule has 0 fully saturated rings. The van der Waals surface area contributed by atoms with E-state index in [1.54, 1.807) is 6.20 Å². The number of aromatic nitrogens is 2. The molecule has 0 radical (unpaired) electrons. The van der Waals surface area contributed by atoms with Gasteiger partial charge in [-0.3, -0.25) is 4.79 Å². The lowest BCUT2D eigenvalue weighted by molar-refractivity contribution is 0.0927. The molecule has 6 heteroatoms. The summed E-state index contributed by atoms with van der Waals surface area (Å²) in [5.74, 6) is -0.0719. The minimum Gasteiger partial charge on any atom is -0.399 e. The molecular weight excluding hydrogens is 410 g/mol. The zero-order chi connectivity index (χ0) is 16.3. The second-order valence-electron chi connectivity index (χ2n) is 4.78. The number of carbonyl (C=O) groups excluding carboxylic acids is 1. The van der Waals surface area contributed by atoms with Crippen LogP contribution in [0.15, 0.2) is 51.5 Å². The zero-order valence-corrected chi connectivity index (χ0v) is 15.3. The number of nitrogen functional groups attached to an aromatic ring is 1. The van der Waals surface area contributed by atoms with Gasteiger partial charge in [0.25, 0.3) is 0 Å². The van der Waals surface area contributed by atoms with Gasteiger partial charge in [-0.25, -0.2) is 4.68 Å². The van der Waals surface area contributed by atoms with Crippen molar-refractivity contribution < 1.29 is 4.79 Å². The summed E-state index contributed by atoms with van der Waals surface area (Å²) in [6, 6.07) is 11.5. The van der Waals surface area contributed by atoms with Crippen molar-refractivity contribution in [3.05, 3.63) is 57.1 Å². The fourth-order valence-electron chi connectivity index (χ4n) is 1.89. The van der Waals surface area contributed by atoms with Gasteiger partial charge in [0.2, 0.25) is 5.91 Å². The fraction of sp³-hybridized carbons (Fsp3) is 0.125. The van der Waals surface area contributed by atoms with Crippen LogP contribution in [0.2, 0.25) is 0 Å². The van der Waals surface area contributed by atoms with E-state index < -0.39 is 0 Å². The molecule has 22 heavy (non-hydrogen) atoms. The average molecular weight is 425 g/mol. The van der Waals surface area contributed by atoms with Crippen molar-refractivity contribution in [2.75, 3.05) is 5.73 Å². The van der Waals surface area contributed by atoms with Gasteiger partial charge in [0.05, 0.1) is 11.7 Å². The highest BCUT2D eigenvalue weighted by Gasteiger charge is 2.05. The molecule has 0 spiro atoms. The summed E-state index contributed by atoms with van der Waals surface area (Å²) in [4.78, 5) is 11.1. The van der Waals surface area contributed by atoms with Crippen molar-refractivity contribution in [1.29, 1.82) is 0 Å². The van der Waals surface area contributed by atoms with E-state index in [-0.39, 0.29) is 5.91 Å². The number of halogens is 2. The molecule has 1 aromatic heterocycles. The number of aryl methyl sites for hydroxylation is 1. The lowest BCUT2D eigenvalue weighted by Gasteiger charge is -1.97. The first-order valence-corrected chi connectivity index (χ1v) is 8.13. The second kappa shape index (κ2) is 7.07. The maximum atomic E-state index is 11.1. The molecule has 2 aromatic carbocycles. The van der Waals surface area contributed by atoms with Crippen molar-refractivity contribution in [3.63, 3.8) is 0 Å². The number of nitrogens with two attached hydrogens (primary N) is 1. The van der Waals surface area contributed by atoms with Crippen LogP contribution in [0, 0.1) is 6.92 Å². The third-order valence-corrected chi connectivity index (χ3v) is 4.05. The third kappa shape index (κ3) is 3.96. The van der Waals surface area contributed by atoms with Gasteiger partial charge in [-0.2, -0.15) is 5.10 Å². The van der Waals surface area contributed by atoms with Gasteiger partial charge in [-0.05, 0) is 48.9 Å². The largest absolute Gasteiger partial charge is 0.399 e. The molecule has 0 saturated carbocycles. The first kappa shape index (κ1) is 16.7. The van der Waals surface area contributed by atoms with E-state index in [1.807, 2.05) is 43.3 Å². The van der Waals surface area contributed by atoms with Crippen LogP contribution in [0.3, 0.4) is 0 Å².